The van der Waals surface area contributed by atoms with Crippen molar-refractivity contribution in [2.45, 2.75) is 31.7 Å². The van der Waals surface area contributed by atoms with Crippen molar-refractivity contribution in [1.29, 1.82) is 0 Å². The van der Waals surface area contributed by atoms with Crippen LogP contribution in [0.25, 0.3) is 0 Å². The normalized spacial score (nSPS) is 13.4. The van der Waals surface area contributed by atoms with E-state index < -0.39 is 21.8 Å². The van der Waals surface area contributed by atoms with Crippen LogP contribution in [0.15, 0.2) is 59.5 Å². The molecule has 8 nitrogen and oxygen atoms in total. The topological polar surface area (TPSA) is 96.9 Å². The van der Waals surface area contributed by atoms with Crippen molar-refractivity contribution in [3.63, 3.8) is 0 Å². The van der Waals surface area contributed by atoms with Crippen LogP contribution in [-0.2, 0) is 10.0 Å². The highest BCUT2D eigenvalue weighted by molar-refractivity contribution is 7.92. The van der Waals surface area contributed by atoms with Gasteiger partial charge in [0.1, 0.15) is 11.3 Å². The zero-order chi connectivity index (χ0) is 24.8. The van der Waals surface area contributed by atoms with Crippen molar-refractivity contribution < 1.29 is 22.7 Å². The summed E-state index contributed by atoms with van der Waals surface area (Å²) in [5.74, 6) is -0.611. The van der Waals surface area contributed by atoms with Crippen LogP contribution in [-0.4, -0.2) is 43.2 Å². The van der Waals surface area contributed by atoms with Gasteiger partial charge in [0.05, 0.1) is 16.1 Å². The molecule has 34 heavy (non-hydrogen) atoms. The minimum atomic E-state index is -3.85. The number of imide groups is 1. The summed E-state index contributed by atoms with van der Waals surface area (Å²) in [4.78, 5) is 31.3. The van der Waals surface area contributed by atoms with Crippen molar-refractivity contribution in [1.82, 2.24) is 9.88 Å². The summed E-state index contributed by atoms with van der Waals surface area (Å²) in [7, 11) is -2.42. The lowest BCUT2D eigenvalue weighted by Gasteiger charge is -2.20. The number of anilines is 1. The van der Waals surface area contributed by atoms with Crippen LogP contribution < -0.4 is 9.04 Å². The van der Waals surface area contributed by atoms with E-state index in [1.807, 2.05) is 0 Å². The van der Waals surface area contributed by atoms with E-state index in [1.54, 1.807) is 45.0 Å². The summed E-state index contributed by atoms with van der Waals surface area (Å²) in [5, 5.41) is 0.430. The predicted octanol–water partition coefficient (Wildman–Crippen LogP) is 4.67. The molecule has 0 fully saturated rings. The quantitative estimate of drug-likeness (QED) is 0.457. The highest BCUT2D eigenvalue weighted by atomic mass is 35.5. The lowest BCUT2D eigenvalue weighted by Crippen LogP contribution is -2.36. The van der Waals surface area contributed by atoms with Gasteiger partial charge >= 0.3 is 0 Å². The van der Waals surface area contributed by atoms with E-state index >= 15 is 0 Å². The Morgan fingerprint density at radius 1 is 1.03 bits per heavy atom. The standard InChI is InChI=1S/C24H22ClN3O5S/c1-14(2)28-23(29)20-12-15(3)26-22(21(20)24(28)30)33-18-7-5-6-17(13-18)27(4)34(31,32)19-10-8-16(25)9-11-19/h5-14H,1-4H3. The second kappa shape index (κ2) is 8.73. The Kier molecular flexibility index (Phi) is 6.09. The summed E-state index contributed by atoms with van der Waals surface area (Å²) in [6.07, 6.45) is 0. The van der Waals surface area contributed by atoms with E-state index in [2.05, 4.69) is 4.98 Å². The number of sulfonamides is 1. The third-order valence-electron chi connectivity index (χ3n) is 5.38. The molecule has 2 amide bonds. The van der Waals surface area contributed by atoms with Gasteiger partial charge in [0.2, 0.25) is 5.88 Å². The van der Waals surface area contributed by atoms with Crippen LogP contribution in [0.4, 0.5) is 5.69 Å². The van der Waals surface area contributed by atoms with Crippen molar-refractivity contribution in [2.75, 3.05) is 11.4 Å². The number of nitrogens with zero attached hydrogens (tertiary/aromatic N) is 3. The van der Waals surface area contributed by atoms with Crippen LogP contribution in [0.2, 0.25) is 5.02 Å². The number of carbonyl (C=O) groups is 2. The van der Waals surface area contributed by atoms with Crippen molar-refractivity contribution in [2.24, 2.45) is 0 Å². The predicted molar refractivity (Wildman–Crippen MR) is 128 cm³/mol. The van der Waals surface area contributed by atoms with Gasteiger partial charge in [0.15, 0.2) is 0 Å². The number of hydrogen-bond acceptors (Lipinski definition) is 6. The number of rotatable bonds is 6. The summed E-state index contributed by atoms with van der Waals surface area (Å²) < 4.78 is 33.1. The SMILES string of the molecule is Cc1cc2c(c(Oc3cccc(N(C)S(=O)(=O)c4ccc(Cl)cc4)c3)n1)C(=O)N(C(C)C)C2=O. The van der Waals surface area contributed by atoms with Gasteiger partial charge in [-0.2, -0.15) is 0 Å². The Morgan fingerprint density at radius 3 is 2.35 bits per heavy atom. The molecule has 10 heteroatoms. The molecule has 1 aromatic heterocycles. The fourth-order valence-corrected chi connectivity index (χ4v) is 4.98. The fourth-order valence-electron chi connectivity index (χ4n) is 3.66. The summed E-state index contributed by atoms with van der Waals surface area (Å²) >= 11 is 5.87. The Labute approximate surface area is 202 Å². The lowest BCUT2D eigenvalue weighted by atomic mass is 10.1. The van der Waals surface area contributed by atoms with Crippen molar-refractivity contribution >= 4 is 39.1 Å². The lowest BCUT2D eigenvalue weighted by molar-refractivity contribution is 0.0608. The molecule has 176 valence electrons. The van der Waals surface area contributed by atoms with Crippen LogP contribution in [0.5, 0.6) is 11.6 Å². The first-order valence-corrected chi connectivity index (χ1v) is 12.2. The van der Waals surface area contributed by atoms with Crippen LogP contribution in [0, 0.1) is 6.92 Å². The molecule has 2 heterocycles. The molecule has 4 rings (SSSR count). The third-order valence-corrected chi connectivity index (χ3v) is 7.43. The molecular formula is C24H22ClN3O5S. The third kappa shape index (κ3) is 4.12. The van der Waals surface area contributed by atoms with Crippen LogP contribution >= 0.6 is 11.6 Å². The molecule has 0 bridgehead atoms. The first kappa shape index (κ1) is 23.7. The highest BCUT2D eigenvalue weighted by Gasteiger charge is 2.40. The zero-order valence-corrected chi connectivity index (χ0v) is 20.5. The second-order valence-corrected chi connectivity index (χ2v) is 10.5. The molecule has 0 N–H and O–H groups in total. The number of ether oxygens (including phenoxy) is 1. The van der Waals surface area contributed by atoms with Gasteiger partial charge in [0, 0.05) is 29.9 Å². The maximum absolute atomic E-state index is 13.0. The first-order chi connectivity index (χ1) is 16.0. The molecule has 1 aliphatic heterocycles. The summed E-state index contributed by atoms with van der Waals surface area (Å²) in [6.45, 7) is 5.21. The molecule has 0 atom stereocenters. The highest BCUT2D eigenvalue weighted by Crippen LogP contribution is 2.35. The molecule has 0 saturated heterocycles. The number of carbonyl (C=O) groups excluding carboxylic acids is 2. The smallest absolute Gasteiger partial charge is 0.267 e. The minimum Gasteiger partial charge on any atom is -0.438 e. The van der Waals surface area contributed by atoms with Gasteiger partial charge in [-0.3, -0.25) is 18.8 Å². The van der Waals surface area contributed by atoms with Gasteiger partial charge in [-0.15, -0.1) is 0 Å². The molecule has 0 aliphatic carbocycles. The van der Waals surface area contributed by atoms with Crippen LogP contribution in [0.1, 0.15) is 40.3 Å². The monoisotopic (exact) mass is 499 g/mol. The molecule has 0 spiro atoms. The summed E-state index contributed by atoms with van der Waals surface area (Å²) in [5.41, 5.74) is 1.18. The largest absolute Gasteiger partial charge is 0.438 e. The van der Waals surface area contributed by atoms with Crippen molar-refractivity contribution in [3.05, 3.63) is 76.4 Å². The number of halogens is 1. The molecular weight excluding hydrogens is 478 g/mol. The van der Waals surface area contributed by atoms with Crippen molar-refractivity contribution in [3.8, 4) is 11.6 Å². The second-order valence-electron chi connectivity index (χ2n) is 8.09. The molecule has 0 radical (unpaired) electrons. The maximum Gasteiger partial charge on any atom is 0.267 e. The number of benzene rings is 2. The van der Waals surface area contributed by atoms with Gasteiger partial charge in [-0.25, -0.2) is 13.4 Å². The van der Waals surface area contributed by atoms with Gasteiger partial charge in [0.25, 0.3) is 21.8 Å². The van der Waals surface area contributed by atoms with E-state index in [1.165, 1.54) is 42.3 Å². The van der Waals surface area contributed by atoms with Gasteiger partial charge < -0.3 is 4.74 Å². The zero-order valence-electron chi connectivity index (χ0n) is 18.9. The Bertz CT molecular complexity index is 1400. The minimum absolute atomic E-state index is 0.00291. The van der Waals surface area contributed by atoms with E-state index in [4.69, 9.17) is 16.3 Å². The maximum atomic E-state index is 13.0. The number of fused-ring (bicyclic) bond motifs is 1. The van der Waals surface area contributed by atoms with E-state index in [9.17, 15) is 18.0 Å². The number of hydrogen-bond donors (Lipinski definition) is 0. The fraction of sp³-hybridized carbons (Fsp3) is 0.208. The molecule has 3 aromatic rings. The molecule has 2 aromatic carbocycles. The molecule has 0 saturated carbocycles. The number of amides is 2. The number of aryl methyl sites for hydroxylation is 1. The molecule has 1 aliphatic rings. The Hall–Kier alpha value is -3.43. The number of aromatic nitrogens is 1. The molecule has 0 unspecified atom stereocenters. The van der Waals surface area contributed by atoms with Crippen LogP contribution in [0.3, 0.4) is 0 Å². The van der Waals surface area contributed by atoms with E-state index in [0.717, 1.165) is 4.31 Å². The first-order valence-electron chi connectivity index (χ1n) is 10.4. The van der Waals surface area contributed by atoms with Gasteiger partial charge in [-0.1, -0.05) is 17.7 Å². The Balaban J connectivity index is 1.69. The van der Waals surface area contributed by atoms with E-state index in [-0.39, 0.29) is 33.7 Å². The average Bonchev–Trinajstić information content (AvgIpc) is 3.03. The number of pyridine rings is 1. The average molecular weight is 500 g/mol. The van der Waals surface area contributed by atoms with Gasteiger partial charge in [-0.05, 0) is 63.2 Å². The summed E-state index contributed by atoms with van der Waals surface area (Å²) in [6, 6.07) is 13.5. The van der Waals surface area contributed by atoms with E-state index in [0.29, 0.717) is 16.4 Å². The Morgan fingerprint density at radius 2 is 1.71 bits per heavy atom.